The number of carbonyl (C=O) groups excluding carboxylic acids is 1. The predicted octanol–water partition coefficient (Wildman–Crippen LogP) is 4.05. The van der Waals surface area contributed by atoms with Gasteiger partial charge in [-0.15, -0.1) is 24.8 Å². The molecule has 0 aliphatic carbocycles. The summed E-state index contributed by atoms with van der Waals surface area (Å²) in [6.07, 6.45) is 3.17. The summed E-state index contributed by atoms with van der Waals surface area (Å²) in [5, 5.41) is 4.00. The molecule has 1 atom stereocenters. The molecule has 2 heterocycles. The number of benzene rings is 1. The molecule has 2 aromatic rings. The Kier molecular flexibility index (Phi) is 8.41. The average Bonchev–Trinajstić information content (AvgIpc) is 3.14. The maximum atomic E-state index is 12.1. The van der Waals surface area contributed by atoms with Crippen molar-refractivity contribution in [3.63, 3.8) is 0 Å². The fourth-order valence-corrected chi connectivity index (χ4v) is 3.94. The zero-order valence-electron chi connectivity index (χ0n) is 14.5. The third-order valence-corrected chi connectivity index (χ3v) is 5.16. The number of nitrogens with zero attached hydrogens (tertiary/aromatic N) is 2. The topological polar surface area (TPSA) is 71.2 Å². The Balaban J connectivity index is 0.00000156. The molecule has 8 heteroatoms. The predicted molar refractivity (Wildman–Crippen MR) is 112 cm³/mol. The number of thiazole rings is 1. The van der Waals surface area contributed by atoms with Crippen LogP contribution in [-0.2, 0) is 4.79 Å². The van der Waals surface area contributed by atoms with E-state index in [1.54, 1.807) is 11.3 Å². The summed E-state index contributed by atoms with van der Waals surface area (Å²) in [5.74, 6) is 0.282. The normalized spacial score (nSPS) is 15.0. The van der Waals surface area contributed by atoms with E-state index in [1.165, 1.54) is 12.8 Å². The van der Waals surface area contributed by atoms with Crippen molar-refractivity contribution < 1.29 is 4.79 Å². The minimum atomic E-state index is -0.465. The average molecular weight is 405 g/mol. The zero-order chi connectivity index (χ0) is 16.4. The van der Waals surface area contributed by atoms with Gasteiger partial charge in [-0.25, -0.2) is 4.98 Å². The van der Waals surface area contributed by atoms with E-state index < -0.39 is 6.04 Å². The Morgan fingerprint density at radius 3 is 2.64 bits per heavy atom. The number of hydrogen-bond acceptors (Lipinski definition) is 5. The third kappa shape index (κ3) is 5.45. The number of aromatic nitrogens is 1. The van der Waals surface area contributed by atoms with E-state index in [4.69, 9.17) is 10.7 Å². The molecule has 1 aliphatic heterocycles. The molecule has 5 nitrogen and oxygen atoms in total. The third-order valence-electron chi connectivity index (χ3n) is 4.08. The molecular formula is C17H26Cl2N4OS. The first kappa shape index (κ1) is 22.0. The Bertz CT molecular complexity index is 701. The summed E-state index contributed by atoms with van der Waals surface area (Å²) in [5.41, 5.74) is 7.71. The minimum absolute atomic E-state index is 0. The van der Waals surface area contributed by atoms with Crippen molar-refractivity contribution in [2.45, 2.75) is 39.2 Å². The Morgan fingerprint density at radius 2 is 2.00 bits per heavy atom. The van der Waals surface area contributed by atoms with Crippen molar-refractivity contribution in [2.24, 2.45) is 11.7 Å². The lowest BCUT2D eigenvalue weighted by Crippen LogP contribution is -2.36. The summed E-state index contributed by atoms with van der Waals surface area (Å²) in [4.78, 5) is 19.2. The van der Waals surface area contributed by atoms with Gasteiger partial charge in [-0.2, -0.15) is 0 Å². The number of fused-ring (bicyclic) bond motifs is 1. The van der Waals surface area contributed by atoms with Crippen LogP contribution in [0.2, 0.25) is 0 Å². The number of halogens is 2. The molecule has 1 saturated heterocycles. The van der Waals surface area contributed by atoms with Crippen molar-refractivity contribution in [1.82, 2.24) is 4.98 Å². The summed E-state index contributed by atoms with van der Waals surface area (Å²) in [6, 6.07) is 5.39. The molecule has 0 saturated carbocycles. The van der Waals surface area contributed by atoms with Gasteiger partial charge in [0, 0.05) is 18.8 Å². The molecule has 3 N–H and O–H groups in total. The highest BCUT2D eigenvalue weighted by molar-refractivity contribution is 7.22. The Labute approximate surface area is 165 Å². The van der Waals surface area contributed by atoms with Crippen LogP contribution in [0.5, 0.6) is 0 Å². The van der Waals surface area contributed by atoms with E-state index in [9.17, 15) is 4.79 Å². The standard InChI is InChI=1S/C17H24N4OS.2ClH/c1-11(2)9-13(18)16(22)19-12-5-6-14-15(10-12)23-17(20-14)21-7-3-4-8-21;;/h5-6,10-11,13H,3-4,7-9,18H2,1-2H3,(H,19,22);2*1H/t13-;;/m0../s1. The Morgan fingerprint density at radius 1 is 1.32 bits per heavy atom. The van der Waals surface area contributed by atoms with Crippen LogP contribution in [0.3, 0.4) is 0 Å². The number of anilines is 2. The van der Waals surface area contributed by atoms with Crippen LogP contribution in [0.25, 0.3) is 10.2 Å². The second-order valence-corrected chi connectivity index (χ2v) is 7.61. The fourth-order valence-electron chi connectivity index (χ4n) is 2.88. The van der Waals surface area contributed by atoms with Crippen molar-refractivity contribution in [3.8, 4) is 0 Å². The van der Waals surface area contributed by atoms with Gasteiger partial charge in [0.2, 0.25) is 5.91 Å². The second-order valence-electron chi connectivity index (χ2n) is 6.60. The Hall–Kier alpha value is -1.08. The van der Waals surface area contributed by atoms with Gasteiger partial charge in [0.15, 0.2) is 5.13 Å². The smallest absolute Gasteiger partial charge is 0.241 e. The van der Waals surface area contributed by atoms with Crippen LogP contribution < -0.4 is 16.0 Å². The van der Waals surface area contributed by atoms with E-state index in [0.717, 1.165) is 34.1 Å². The van der Waals surface area contributed by atoms with Crippen molar-refractivity contribution in [1.29, 1.82) is 0 Å². The van der Waals surface area contributed by atoms with Crippen LogP contribution in [0.4, 0.5) is 10.8 Å². The van der Waals surface area contributed by atoms with E-state index >= 15 is 0 Å². The summed E-state index contributed by atoms with van der Waals surface area (Å²) in [7, 11) is 0. The highest BCUT2D eigenvalue weighted by Crippen LogP contribution is 2.32. The van der Waals surface area contributed by atoms with E-state index in [2.05, 4.69) is 24.1 Å². The molecule has 0 bridgehead atoms. The first-order valence-corrected chi connectivity index (χ1v) is 9.06. The fraction of sp³-hybridized carbons (Fsp3) is 0.529. The molecule has 0 radical (unpaired) electrons. The van der Waals surface area contributed by atoms with Crippen molar-refractivity contribution in [2.75, 3.05) is 23.3 Å². The van der Waals surface area contributed by atoms with Gasteiger partial charge in [-0.1, -0.05) is 25.2 Å². The summed E-state index contributed by atoms with van der Waals surface area (Å²) < 4.78 is 1.10. The van der Waals surface area contributed by atoms with Gasteiger partial charge in [-0.3, -0.25) is 4.79 Å². The van der Waals surface area contributed by atoms with Crippen LogP contribution >= 0.6 is 36.2 Å². The molecule has 3 rings (SSSR count). The van der Waals surface area contributed by atoms with E-state index in [-0.39, 0.29) is 30.7 Å². The SMILES string of the molecule is CC(C)C[C@H](N)C(=O)Nc1ccc2nc(N3CCCC3)sc2c1.Cl.Cl. The maximum absolute atomic E-state index is 12.1. The van der Waals surface area contributed by atoms with Crippen LogP contribution in [0.1, 0.15) is 33.1 Å². The number of amides is 1. The zero-order valence-corrected chi connectivity index (χ0v) is 17.0. The first-order chi connectivity index (χ1) is 11.0. The second kappa shape index (κ2) is 9.57. The molecule has 1 amide bonds. The van der Waals surface area contributed by atoms with Gasteiger partial charge in [0.05, 0.1) is 16.3 Å². The molecule has 25 heavy (non-hydrogen) atoms. The lowest BCUT2D eigenvalue weighted by Gasteiger charge is -2.14. The van der Waals surface area contributed by atoms with Gasteiger partial charge in [0.25, 0.3) is 0 Å². The molecule has 0 unspecified atom stereocenters. The van der Waals surface area contributed by atoms with Crippen LogP contribution in [-0.4, -0.2) is 30.0 Å². The number of nitrogens with two attached hydrogens (primary N) is 1. The molecule has 140 valence electrons. The maximum Gasteiger partial charge on any atom is 0.241 e. The highest BCUT2D eigenvalue weighted by Gasteiger charge is 2.18. The van der Waals surface area contributed by atoms with Crippen LogP contribution in [0.15, 0.2) is 18.2 Å². The highest BCUT2D eigenvalue weighted by atomic mass is 35.5. The van der Waals surface area contributed by atoms with Crippen molar-refractivity contribution in [3.05, 3.63) is 18.2 Å². The quantitative estimate of drug-likeness (QED) is 0.787. The molecular weight excluding hydrogens is 379 g/mol. The monoisotopic (exact) mass is 404 g/mol. The van der Waals surface area contributed by atoms with E-state index in [0.29, 0.717) is 12.3 Å². The van der Waals surface area contributed by atoms with E-state index in [1.807, 2.05) is 18.2 Å². The largest absolute Gasteiger partial charge is 0.348 e. The lowest BCUT2D eigenvalue weighted by atomic mass is 10.0. The van der Waals surface area contributed by atoms with Gasteiger partial charge < -0.3 is 16.0 Å². The molecule has 1 aromatic carbocycles. The van der Waals surface area contributed by atoms with Crippen molar-refractivity contribution >= 4 is 63.1 Å². The lowest BCUT2D eigenvalue weighted by molar-refractivity contribution is -0.117. The number of rotatable bonds is 5. The summed E-state index contributed by atoms with van der Waals surface area (Å²) >= 11 is 1.69. The number of hydrogen-bond donors (Lipinski definition) is 2. The first-order valence-electron chi connectivity index (χ1n) is 8.25. The number of nitrogens with one attached hydrogen (secondary N) is 1. The molecule has 1 fully saturated rings. The minimum Gasteiger partial charge on any atom is -0.348 e. The number of carbonyl (C=O) groups is 1. The van der Waals surface area contributed by atoms with Gasteiger partial charge >= 0.3 is 0 Å². The summed E-state index contributed by atoms with van der Waals surface area (Å²) in [6.45, 7) is 6.31. The van der Waals surface area contributed by atoms with Crippen LogP contribution in [0, 0.1) is 5.92 Å². The molecule has 0 spiro atoms. The molecule has 1 aliphatic rings. The molecule has 1 aromatic heterocycles. The van der Waals surface area contributed by atoms with Gasteiger partial charge in [-0.05, 0) is 43.4 Å². The van der Waals surface area contributed by atoms with Gasteiger partial charge in [0.1, 0.15) is 0 Å².